The lowest BCUT2D eigenvalue weighted by molar-refractivity contribution is -0.114. The highest BCUT2D eigenvalue weighted by molar-refractivity contribution is 7.92. The van der Waals surface area contributed by atoms with E-state index < -0.39 is 27.4 Å². The first-order valence-electron chi connectivity index (χ1n) is 8.33. The number of nitrogens with zero attached hydrogens (tertiary/aromatic N) is 1. The van der Waals surface area contributed by atoms with Crippen LogP contribution >= 0.6 is 0 Å². The van der Waals surface area contributed by atoms with Gasteiger partial charge >= 0.3 is 0 Å². The SMILES string of the molecule is O=C(CN1c2ccccc2S(=O)(=O)c2ccccc21)Nc1ccc(F)cc1F. The highest BCUT2D eigenvalue weighted by Gasteiger charge is 2.34. The third kappa shape index (κ3) is 3.01. The maximum absolute atomic E-state index is 13.8. The Kier molecular flexibility index (Phi) is 4.35. The van der Waals surface area contributed by atoms with Crippen molar-refractivity contribution in [2.75, 3.05) is 16.8 Å². The van der Waals surface area contributed by atoms with Crippen molar-refractivity contribution in [3.63, 3.8) is 0 Å². The van der Waals surface area contributed by atoms with Gasteiger partial charge in [-0.15, -0.1) is 0 Å². The van der Waals surface area contributed by atoms with Gasteiger partial charge in [-0.2, -0.15) is 0 Å². The maximum Gasteiger partial charge on any atom is 0.244 e. The Hall–Kier alpha value is -3.26. The topological polar surface area (TPSA) is 66.5 Å². The molecule has 4 rings (SSSR count). The number of para-hydroxylation sites is 2. The van der Waals surface area contributed by atoms with Crippen LogP contribution in [-0.4, -0.2) is 20.9 Å². The Morgan fingerprint density at radius 2 is 1.46 bits per heavy atom. The Balaban J connectivity index is 1.71. The quantitative estimate of drug-likeness (QED) is 0.725. The molecule has 0 saturated heterocycles. The molecular formula is C20H14F2N2O3S. The summed E-state index contributed by atoms with van der Waals surface area (Å²) in [6, 6.07) is 15.6. The van der Waals surface area contributed by atoms with Crippen molar-refractivity contribution >= 4 is 32.8 Å². The molecule has 1 N–H and O–H groups in total. The van der Waals surface area contributed by atoms with Gasteiger partial charge in [-0.05, 0) is 36.4 Å². The van der Waals surface area contributed by atoms with E-state index >= 15 is 0 Å². The molecule has 5 nitrogen and oxygen atoms in total. The van der Waals surface area contributed by atoms with Crippen molar-refractivity contribution in [3.05, 3.63) is 78.4 Å². The molecule has 3 aromatic carbocycles. The van der Waals surface area contributed by atoms with E-state index in [1.807, 2.05) is 0 Å². The fraction of sp³-hybridized carbons (Fsp3) is 0.0500. The van der Waals surface area contributed by atoms with Crippen LogP contribution < -0.4 is 10.2 Å². The van der Waals surface area contributed by atoms with Crippen LogP contribution in [0.15, 0.2) is 76.5 Å². The van der Waals surface area contributed by atoms with Gasteiger partial charge in [-0.3, -0.25) is 4.79 Å². The van der Waals surface area contributed by atoms with Gasteiger partial charge in [0.1, 0.15) is 18.2 Å². The van der Waals surface area contributed by atoms with Gasteiger partial charge in [0.2, 0.25) is 15.7 Å². The summed E-state index contributed by atoms with van der Waals surface area (Å²) in [4.78, 5) is 14.3. The largest absolute Gasteiger partial charge is 0.330 e. The average molecular weight is 400 g/mol. The summed E-state index contributed by atoms with van der Waals surface area (Å²) < 4.78 is 52.6. The molecule has 1 amide bonds. The molecule has 0 radical (unpaired) electrons. The Morgan fingerprint density at radius 1 is 0.893 bits per heavy atom. The molecule has 0 spiro atoms. The molecule has 8 heteroatoms. The second kappa shape index (κ2) is 6.72. The van der Waals surface area contributed by atoms with Crippen molar-refractivity contribution in [2.24, 2.45) is 0 Å². The number of hydrogen-bond acceptors (Lipinski definition) is 4. The van der Waals surface area contributed by atoms with E-state index in [0.717, 1.165) is 12.1 Å². The first-order chi connectivity index (χ1) is 13.4. The van der Waals surface area contributed by atoms with Crippen LogP contribution in [0.5, 0.6) is 0 Å². The van der Waals surface area contributed by atoms with Gasteiger partial charge < -0.3 is 10.2 Å². The number of rotatable bonds is 3. The standard InChI is InChI=1S/C20H14F2N2O3S/c21-13-9-10-15(14(22)11-13)23-20(25)12-24-16-5-1-3-7-18(16)28(26,27)19-8-4-2-6-17(19)24/h1-11H,12H2,(H,23,25). The number of benzene rings is 3. The van der Waals surface area contributed by atoms with Crippen LogP contribution in [0.4, 0.5) is 25.8 Å². The Morgan fingerprint density at radius 3 is 2.04 bits per heavy atom. The molecule has 0 saturated carbocycles. The summed E-state index contributed by atoms with van der Waals surface area (Å²) in [7, 11) is -3.72. The molecule has 3 aromatic rings. The van der Waals surface area contributed by atoms with Crippen LogP contribution in [0.25, 0.3) is 0 Å². The minimum atomic E-state index is -3.72. The predicted molar refractivity (Wildman–Crippen MR) is 100 cm³/mol. The van der Waals surface area contributed by atoms with Crippen LogP contribution in [-0.2, 0) is 14.6 Å². The van der Waals surface area contributed by atoms with Gasteiger partial charge in [-0.25, -0.2) is 17.2 Å². The van der Waals surface area contributed by atoms with Gasteiger partial charge in [-0.1, -0.05) is 24.3 Å². The summed E-state index contributed by atoms with van der Waals surface area (Å²) in [5.74, 6) is -2.22. The van der Waals surface area contributed by atoms with Crippen molar-refractivity contribution < 1.29 is 22.0 Å². The van der Waals surface area contributed by atoms with E-state index in [1.54, 1.807) is 41.3 Å². The summed E-state index contributed by atoms with van der Waals surface area (Å²) in [6.07, 6.45) is 0. The third-order valence-electron chi connectivity index (χ3n) is 4.40. The van der Waals surface area contributed by atoms with Crippen molar-refractivity contribution in [3.8, 4) is 0 Å². The molecule has 28 heavy (non-hydrogen) atoms. The molecule has 1 aliphatic rings. The van der Waals surface area contributed by atoms with Gasteiger partial charge in [0, 0.05) is 6.07 Å². The van der Waals surface area contributed by atoms with Crippen LogP contribution in [0.1, 0.15) is 0 Å². The second-order valence-corrected chi connectivity index (χ2v) is 8.08. The smallest absolute Gasteiger partial charge is 0.244 e. The lowest BCUT2D eigenvalue weighted by Crippen LogP contribution is -2.33. The number of amides is 1. The van der Waals surface area contributed by atoms with Crippen LogP contribution in [0.3, 0.4) is 0 Å². The van der Waals surface area contributed by atoms with Gasteiger partial charge in [0.25, 0.3) is 0 Å². The van der Waals surface area contributed by atoms with E-state index in [-0.39, 0.29) is 22.0 Å². The average Bonchev–Trinajstić information content (AvgIpc) is 2.68. The number of sulfone groups is 1. The zero-order valence-electron chi connectivity index (χ0n) is 14.4. The van der Waals surface area contributed by atoms with E-state index in [4.69, 9.17) is 0 Å². The normalized spacial score (nSPS) is 14.1. The number of fused-ring (bicyclic) bond motifs is 2. The number of carbonyl (C=O) groups is 1. The number of hydrogen-bond donors (Lipinski definition) is 1. The molecular weight excluding hydrogens is 386 g/mol. The highest BCUT2D eigenvalue weighted by Crippen LogP contribution is 2.43. The molecule has 0 bridgehead atoms. The first-order valence-corrected chi connectivity index (χ1v) is 9.82. The lowest BCUT2D eigenvalue weighted by Gasteiger charge is -2.32. The molecule has 1 heterocycles. The molecule has 0 fully saturated rings. The van der Waals surface area contributed by atoms with Gasteiger partial charge in [0.15, 0.2) is 0 Å². The second-order valence-electron chi connectivity index (χ2n) is 6.20. The van der Waals surface area contributed by atoms with E-state index in [9.17, 15) is 22.0 Å². The summed E-state index contributed by atoms with van der Waals surface area (Å²) in [5, 5.41) is 2.40. The zero-order valence-corrected chi connectivity index (χ0v) is 15.2. The fourth-order valence-corrected chi connectivity index (χ4v) is 4.82. The Labute approximate surface area is 160 Å². The van der Waals surface area contributed by atoms with Crippen LogP contribution in [0.2, 0.25) is 0 Å². The lowest BCUT2D eigenvalue weighted by atomic mass is 10.2. The molecule has 1 aliphatic heterocycles. The number of nitrogens with one attached hydrogen (secondary N) is 1. The monoisotopic (exact) mass is 400 g/mol. The minimum Gasteiger partial charge on any atom is -0.330 e. The fourth-order valence-electron chi connectivity index (χ4n) is 3.16. The summed E-state index contributed by atoms with van der Waals surface area (Å²) >= 11 is 0. The van der Waals surface area contributed by atoms with Crippen molar-refractivity contribution in [1.82, 2.24) is 0 Å². The number of anilines is 3. The molecule has 0 atom stereocenters. The predicted octanol–water partition coefficient (Wildman–Crippen LogP) is 3.89. The maximum atomic E-state index is 13.8. The molecule has 0 unspecified atom stereocenters. The summed E-state index contributed by atoms with van der Waals surface area (Å²) in [6.45, 7) is -0.250. The van der Waals surface area contributed by atoms with E-state index in [1.165, 1.54) is 12.1 Å². The molecule has 0 aromatic heterocycles. The third-order valence-corrected chi connectivity index (χ3v) is 6.25. The summed E-state index contributed by atoms with van der Waals surface area (Å²) in [5.41, 5.74) is 0.560. The minimum absolute atomic E-state index is 0.0921. The Bertz CT molecular complexity index is 1140. The number of halogens is 2. The van der Waals surface area contributed by atoms with E-state index in [2.05, 4.69) is 5.32 Å². The van der Waals surface area contributed by atoms with Crippen molar-refractivity contribution in [1.29, 1.82) is 0 Å². The molecule has 142 valence electrons. The highest BCUT2D eigenvalue weighted by atomic mass is 32.2. The zero-order chi connectivity index (χ0) is 19.9. The van der Waals surface area contributed by atoms with Gasteiger partial charge in [0.05, 0.1) is 26.9 Å². The van der Waals surface area contributed by atoms with Crippen LogP contribution in [0, 0.1) is 11.6 Å². The van der Waals surface area contributed by atoms with E-state index in [0.29, 0.717) is 17.4 Å². The van der Waals surface area contributed by atoms with Crippen molar-refractivity contribution in [2.45, 2.75) is 9.79 Å². The first kappa shape index (κ1) is 18.1. The number of carbonyl (C=O) groups excluding carboxylic acids is 1. The molecule has 0 aliphatic carbocycles.